The van der Waals surface area contributed by atoms with Gasteiger partial charge in [0.1, 0.15) is 0 Å². The molecule has 0 saturated heterocycles. The van der Waals surface area contributed by atoms with Gasteiger partial charge in [-0.3, -0.25) is 0 Å². The Balaban J connectivity index is 1.67. The molecule has 0 unspecified atom stereocenters. The second-order valence-corrected chi connectivity index (χ2v) is 4.73. The van der Waals surface area contributed by atoms with Gasteiger partial charge in [0.25, 0.3) is 0 Å². The SMILES string of the molecule is CCCC1CC(COc2ccc(N)cn2)C1. The van der Waals surface area contributed by atoms with E-state index in [-0.39, 0.29) is 0 Å². The first-order valence-corrected chi connectivity index (χ1v) is 6.12. The average Bonchev–Trinajstić information content (AvgIpc) is 2.24. The van der Waals surface area contributed by atoms with Gasteiger partial charge >= 0.3 is 0 Å². The van der Waals surface area contributed by atoms with E-state index in [1.807, 2.05) is 12.1 Å². The Morgan fingerprint density at radius 3 is 2.81 bits per heavy atom. The quantitative estimate of drug-likeness (QED) is 0.830. The third-order valence-electron chi connectivity index (χ3n) is 3.26. The van der Waals surface area contributed by atoms with Gasteiger partial charge in [-0.15, -0.1) is 0 Å². The molecule has 0 bridgehead atoms. The van der Waals surface area contributed by atoms with Gasteiger partial charge in [0.2, 0.25) is 5.88 Å². The van der Waals surface area contributed by atoms with Crippen molar-refractivity contribution in [2.75, 3.05) is 12.3 Å². The highest BCUT2D eigenvalue weighted by Gasteiger charge is 2.28. The molecule has 0 amide bonds. The van der Waals surface area contributed by atoms with Gasteiger partial charge in [-0.1, -0.05) is 19.8 Å². The molecule has 88 valence electrons. The topological polar surface area (TPSA) is 48.1 Å². The van der Waals surface area contributed by atoms with Crippen molar-refractivity contribution in [2.24, 2.45) is 11.8 Å². The van der Waals surface area contributed by atoms with Crippen LogP contribution in [0.3, 0.4) is 0 Å². The molecule has 0 spiro atoms. The Hall–Kier alpha value is -1.25. The first kappa shape index (κ1) is 11.2. The molecule has 0 aromatic carbocycles. The van der Waals surface area contributed by atoms with Crippen LogP contribution in [0.4, 0.5) is 5.69 Å². The summed E-state index contributed by atoms with van der Waals surface area (Å²) in [5.41, 5.74) is 6.23. The third-order valence-corrected chi connectivity index (χ3v) is 3.26. The first-order chi connectivity index (χ1) is 7.78. The second-order valence-electron chi connectivity index (χ2n) is 4.73. The predicted molar refractivity (Wildman–Crippen MR) is 65.3 cm³/mol. The van der Waals surface area contributed by atoms with Gasteiger partial charge in [0.15, 0.2) is 0 Å². The molecule has 1 fully saturated rings. The van der Waals surface area contributed by atoms with Crippen LogP contribution < -0.4 is 10.5 Å². The van der Waals surface area contributed by atoms with Crippen LogP contribution in [-0.2, 0) is 0 Å². The molecule has 1 saturated carbocycles. The molecule has 3 heteroatoms. The van der Waals surface area contributed by atoms with E-state index in [2.05, 4.69) is 11.9 Å². The van der Waals surface area contributed by atoms with Crippen molar-refractivity contribution < 1.29 is 4.74 Å². The van der Waals surface area contributed by atoms with Gasteiger partial charge in [-0.05, 0) is 30.7 Å². The molecule has 1 heterocycles. The number of aromatic nitrogens is 1. The summed E-state index contributed by atoms with van der Waals surface area (Å²) in [6.07, 6.45) is 6.95. The van der Waals surface area contributed by atoms with Gasteiger partial charge in [-0.2, -0.15) is 0 Å². The Morgan fingerprint density at radius 2 is 2.19 bits per heavy atom. The minimum atomic E-state index is 0.680. The van der Waals surface area contributed by atoms with Crippen molar-refractivity contribution in [1.29, 1.82) is 0 Å². The average molecular weight is 220 g/mol. The largest absolute Gasteiger partial charge is 0.477 e. The maximum atomic E-state index is 5.62. The summed E-state index contributed by atoms with van der Waals surface area (Å²) < 4.78 is 5.62. The third kappa shape index (κ3) is 2.87. The van der Waals surface area contributed by atoms with Gasteiger partial charge in [0, 0.05) is 6.07 Å². The summed E-state index contributed by atoms with van der Waals surface area (Å²) in [6.45, 7) is 3.05. The lowest BCUT2D eigenvalue weighted by molar-refractivity contribution is 0.111. The summed E-state index contributed by atoms with van der Waals surface area (Å²) in [5.74, 6) is 2.36. The number of nitrogens with two attached hydrogens (primary N) is 1. The molecule has 3 nitrogen and oxygen atoms in total. The highest BCUT2D eigenvalue weighted by molar-refractivity contribution is 5.35. The number of rotatable bonds is 5. The summed E-state index contributed by atoms with van der Waals surface area (Å²) in [5, 5.41) is 0. The van der Waals surface area contributed by atoms with Crippen LogP contribution in [0.5, 0.6) is 5.88 Å². The second kappa shape index (κ2) is 5.19. The van der Waals surface area contributed by atoms with E-state index in [1.165, 1.54) is 25.7 Å². The summed E-state index contributed by atoms with van der Waals surface area (Å²) >= 11 is 0. The van der Waals surface area contributed by atoms with Crippen molar-refractivity contribution >= 4 is 5.69 Å². The lowest BCUT2D eigenvalue weighted by atomic mass is 9.73. The predicted octanol–water partition coefficient (Wildman–Crippen LogP) is 2.87. The number of anilines is 1. The Labute approximate surface area is 97.0 Å². The lowest BCUT2D eigenvalue weighted by Crippen LogP contribution is -2.28. The van der Waals surface area contributed by atoms with Crippen molar-refractivity contribution in [2.45, 2.75) is 32.6 Å². The molecule has 1 aliphatic rings. The highest BCUT2D eigenvalue weighted by atomic mass is 16.5. The molecule has 0 atom stereocenters. The number of ether oxygens (including phenoxy) is 1. The summed E-state index contributed by atoms with van der Waals surface area (Å²) in [4.78, 5) is 4.12. The van der Waals surface area contributed by atoms with E-state index in [1.54, 1.807) is 6.20 Å². The first-order valence-electron chi connectivity index (χ1n) is 6.12. The summed E-state index contributed by atoms with van der Waals surface area (Å²) in [6, 6.07) is 3.65. The Kier molecular flexibility index (Phi) is 3.65. The molecular weight excluding hydrogens is 200 g/mol. The molecule has 1 aromatic rings. The number of hydrogen-bond donors (Lipinski definition) is 1. The van der Waals surface area contributed by atoms with Crippen LogP contribution >= 0.6 is 0 Å². The zero-order valence-corrected chi connectivity index (χ0v) is 9.86. The molecule has 16 heavy (non-hydrogen) atoms. The van der Waals surface area contributed by atoms with E-state index in [4.69, 9.17) is 10.5 Å². The van der Waals surface area contributed by atoms with Crippen LogP contribution in [-0.4, -0.2) is 11.6 Å². The molecule has 2 N–H and O–H groups in total. The molecule has 0 aliphatic heterocycles. The van der Waals surface area contributed by atoms with E-state index >= 15 is 0 Å². The maximum Gasteiger partial charge on any atom is 0.213 e. The highest BCUT2D eigenvalue weighted by Crippen LogP contribution is 2.36. The molecule has 0 radical (unpaired) electrons. The van der Waals surface area contributed by atoms with Gasteiger partial charge in [-0.25, -0.2) is 4.98 Å². The zero-order chi connectivity index (χ0) is 11.4. The van der Waals surface area contributed by atoms with E-state index in [9.17, 15) is 0 Å². The van der Waals surface area contributed by atoms with Crippen LogP contribution in [0.25, 0.3) is 0 Å². The van der Waals surface area contributed by atoms with Crippen LogP contribution in [0.1, 0.15) is 32.6 Å². The van der Waals surface area contributed by atoms with Gasteiger partial charge in [0.05, 0.1) is 18.5 Å². The van der Waals surface area contributed by atoms with E-state index in [0.717, 1.165) is 18.4 Å². The fourth-order valence-corrected chi connectivity index (χ4v) is 2.33. The van der Waals surface area contributed by atoms with Crippen molar-refractivity contribution in [3.05, 3.63) is 18.3 Å². The minimum Gasteiger partial charge on any atom is -0.477 e. The fraction of sp³-hybridized carbons (Fsp3) is 0.615. The zero-order valence-electron chi connectivity index (χ0n) is 9.86. The van der Waals surface area contributed by atoms with Crippen molar-refractivity contribution in [3.8, 4) is 5.88 Å². The number of nitrogens with zero attached hydrogens (tertiary/aromatic N) is 1. The maximum absolute atomic E-state index is 5.62. The van der Waals surface area contributed by atoms with Crippen LogP contribution in [0, 0.1) is 11.8 Å². The van der Waals surface area contributed by atoms with Crippen LogP contribution in [0.2, 0.25) is 0 Å². The smallest absolute Gasteiger partial charge is 0.213 e. The van der Waals surface area contributed by atoms with E-state index < -0.39 is 0 Å². The Bertz CT molecular complexity index is 317. The number of hydrogen-bond acceptors (Lipinski definition) is 3. The van der Waals surface area contributed by atoms with Crippen molar-refractivity contribution in [1.82, 2.24) is 4.98 Å². The number of pyridine rings is 1. The molecular formula is C13H20N2O. The Morgan fingerprint density at radius 1 is 1.38 bits per heavy atom. The fourth-order valence-electron chi connectivity index (χ4n) is 2.33. The monoisotopic (exact) mass is 220 g/mol. The van der Waals surface area contributed by atoms with Crippen molar-refractivity contribution in [3.63, 3.8) is 0 Å². The normalized spacial score (nSPS) is 23.8. The molecule has 1 aliphatic carbocycles. The van der Waals surface area contributed by atoms with E-state index in [0.29, 0.717) is 11.6 Å². The summed E-state index contributed by atoms with van der Waals surface area (Å²) in [7, 11) is 0. The number of nitrogen functional groups attached to an aromatic ring is 1. The molecule has 1 aromatic heterocycles. The minimum absolute atomic E-state index is 0.680. The molecule has 2 rings (SSSR count). The standard InChI is InChI=1S/C13H20N2O/c1-2-3-10-6-11(7-10)9-16-13-5-4-12(14)8-15-13/h4-5,8,10-11H,2-3,6-7,9,14H2,1H3. The van der Waals surface area contributed by atoms with Gasteiger partial charge < -0.3 is 10.5 Å². The lowest BCUT2D eigenvalue weighted by Gasteiger charge is -2.34. The van der Waals surface area contributed by atoms with Crippen LogP contribution in [0.15, 0.2) is 18.3 Å².